The zero-order chi connectivity index (χ0) is 22.8. The number of nitrogens with zero attached hydrogens (tertiary/aromatic N) is 3. The van der Waals surface area contributed by atoms with Crippen LogP contribution in [-0.4, -0.2) is 23.5 Å². The molecule has 0 aliphatic carbocycles. The maximum absolute atomic E-state index is 12.7. The minimum absolute atomic E-state index is 0.143. The predicted octanol–water partition coefficient (Wildman–Crippen LogP) is 4.54. The molecule has 2 aromatic carbocycles. The molecule has 11 heteroatoms. The van der Waals surface area contributed by atoms with E-state index in [1.165, 1.54) is 6.07 Å². The van der Waals surface area contributed by atoms with Crippen LogP contribution < -0.4 is 4.72 Å². The first kappa shape index (κ1) is 21.5. The highest BCUT2D eigenvalue weighted by Crippen LogP contribution is 2.30. The van der Waals surface area contributed by atoms with E-state index >= 15 is 0 Å². The highest BCUT2D eigenvalue weighted by molar-refractivity contribution is 7.92. The van der Waals surface area contributed by atoms with E-state index in [1.54, 1.807) is 42.7 Å². The smallest absolute Gasteiger partial charge is 0.339 e. The number of benzene rings is 2. The van der Waals surface area contributed by atoms with Crippen LogP contribution in [0.1, 0.15) is 17.0 Å². The predicted molar refractivity (Wildman–Crippen MR) is 109 cm³/mol. The number of para-hydroxylation sites is 1. The van der Waals surface area contributed by atoms with Crippen LogP contribution in [0.3, 0.4) is 0 Å². The Labute approximate surface area is 181 Å². The van der Waals surface area contributed by atoms with E-state index in [4.69, 9.17) is 4.52 Å². The van der Waals surface area contributed by atoms with Crippen molar-refractivity contribution >= 4 is 15.7 Å². The maximum atomic E-state index is 12.7. The van der Waals surface area contributed by atoms with Gasteiger partial charge in [-0.3, -0.25) is 9.71 Å². The quantitative estimate of drug-likeness (QED) is 0.454. The summed E-state index contributed by atoms with van der Waals surface area (Å²) in [7, 11) is -4.12. The third kappa shape index (κ3) is 4.78. The molecule has 0 aliphatic rings. The molecule has 0 fully saturated rings. The van der Waals surface area contributed by atoms with Crippen LogP contribution >= 0.6 is 0 Å². The summed E-state index contributed by atoms with van der Waals surface area (Å²) in [6.07, 6.45) is -1.22. The van der Waals surface area contributed by atoms with Gasteiger partial charge in [-0.25, -0.2) is 8.42 Å². The maximum Gasteiger partial charge on any atom is 0.416 e. The molecule has 0 unspecified atom stereocenters. The number of nitrogens with one attached hydrogen (secondary N) is 1. The average Bonchev–Trinajstić information content (AvgIpc) is 3.24. The Bertz CT molecular complexity index is 1320. The third-order valence-electron chi connectivity index (χ3n) is 4.50. The molecule has 0 radical (unpaired) electrons. The van der Waals surface area contributed by atoms with Gasteiger partial charge in [0.05, 0.1) is 22.6 Å². The van der Waals surface area contributed by atoms with E-state index in [1.807, 2.05) is 0 Å². The van der Waals surface area contributed by atoms with Crippen molar-refractivity contribution < 1.29 is 26.1 Å². The Hall–Kier alpha value is -3.73. The minimum Gasteiger partial charge on any atom is -0.339 e. The van der Waals surface area contributed by atoms with Gasteiger partial charge >= 0.3 is 6.18 Å². The van der Waals surface area contributed by atoms with Crippen LogP contribution in [0.15, 0.2) is 82.5 Å². The summed E-state index contributed by atoms with van der Waals surface area (Å²) < 4.78 is 71.3. The Morgan fingerprint density at radius 1 is 0.938 bits per heavy atom. The molecule has 0 amide bonds. The summed E-state index contributed by atoms with van der Waals surface area (Å²) in [5, 5.41) is 3.92. The number of alkyl halides is 3. The lowest BCUT2D eigenvalue weighted by Gasteiger charge is -2.12. The van der Waals surface area contributed by atoms with Gasteiger partial charge in [0.15, 0.2) is 0 Å². The number of rotatable bonds is 6. The Kier molecular flexibility index (Phi) is 5.66. The summed E-state index contributed by atoms with van der Waals surface area (Å²) in [5.41, 5.74) is 0.577. The van der Waals surface area contributed by atoms with Gasteiger partial charge in [0.1, 0.15) is 0 Å². The molecule has 164 valence electrons. The third-order valence-corrected chi connectivity index (χ3v) is 5.88. The van der Waals surface area contributed by atoms with Crippen molar-refractivity contribution in [3.8, 4) is 11.4 Å². The molecule has 2 heterocycles. The largest absolute Gasteiger partial charge is 0.416 e. The molecule has 4 aromatic rings. The van der Waals surface area contributed by atoms with Gasteiger partial charge in [-0.2, -0.15) is 18.2 Å². The number of hydrogen-bond donors (Lipinski definition) is 1. The molecule has 2 aromatic heterocycles. The zero-order valence-corrected chi connectivity index (χ0v) is 17.1. The Morgan fingerprint density at radius 3 is 2.31 bits per heavy atom. The Morgan fingerprint density at radius 2 is 1.62 bits per heavy atom. The second kappa shape index (κ2) is 8.42. The van der Waals surface area contributed by atoms with E-state index in [9.17, 15) is 21.6 Å². The molecule has 4 rings (SSSR count). The molecule has 0 bridgehead atoms. The van der Waals surface area contributed by atoms with Gasteiger partial charge in [-0.1, -0.05) is 23.4 Å². The van der Waals surface area contributed by atoms with E-state index < -0.39 is 21.8 Å². The molecule has 0 atom stereocenters. The molecule has 0 saturated carbocycles. The van der Waals surface area contributed by atoms with Crippen molar-refractivity contribution in [1.82, 2.24) is 15.1 Å². The van der Waals surface area contributed by atoms with E-state index in [-0.39, 0.29) is 22.9 Å². The fraction of sp³-hybridized carbons (Fsp3) is 0.0952. The molecule has 0 saturated heterocycles. The van der Waals surface area contributed by atoms with Crippen LogP contribution in [0.25, 0.3) is 11.4 Å². The fourth-order valence-electron chi connectivity index (χ4n) is 2.91. The highest BCUT2D eigenvalue weighted by Gasteiger charge is 2.30. The van der Waals surface area contributed by atoms with Gasteiger partial charge in [-0.05, 0) is 48.0 Å². The number of hydrogen-bond acceptors (Lipinski definition) is 6. The monoisotopic (exact) mass is 460 g/mol. The van der Waals surface area contributed by atoms with Gasteiger partial charge in [0, 0.05) is 18.0 Å². The topological polar surface area (TPSA) is 98.0 Å². The van der Waals surface area contributed by atoms with Crippen molar-refractivity contribution in [1.29, 1.82) is 0 Å². The summed E-state index contributed by atoms with van der Waals surface area (Å²) in [5.74, 6) is 0.628. The number of anilines is 1. The van der Waals surface area contributed by atoms with Crippen molar-refractivity contribution in [2.24, 2.45) is 0 Å². The lowest BCUT2D eigenvalue weighted by atomic mass is 10.1. The highest BCUT2D eigenvalue weighted by atomic mass is 32.2. The normalized spacial score (nSPS) is 12.0. The summed E-state index contributed by atoms with van der Waals surface area (Å²) in [6, 6.07) is 13.3. The van der Waals surface area contributed by atoms with Gasteiger partial charge in [0.25, 0.3) is 10.0 Å². The number of pyridine rings is 1. The molecule has 0 aliphatic heterocycles. The zero-order valence-electron chi connectivity index (χ0n) is 16.2. The van der Waals surface area contributed by atoms with Crippen LogP contribution in [0, 0.1) is 0 Å². The van der Waals surface area contributed by atoms with E-state index in [0.29, 0.717) is 17.0 Å². The summed E-state index contributed by atoms with van der Waals surface area (Å²) >= 11 is 0. The van der Waals surface area contributed by atoms with E-state index in [0.717, 1.165) is 24.3 Å². The van der Waals surface area contributed by atoms with Crippen LogP contribution in [0.5, 0.6) is 0 Å². The summed E-state index contributed by atoms with van der Waals surface area (Å²) in [6.45, 7) is 0. The van der Waals surface area contributed by atoms with Gasteiger partial charge < -0.3 is 4.52 Å². The van der Waals surface area contributed by atoms with E-state index in [2.05, 4.69) is 19.8 Å². The first-order valence-electron chi connectivity index (χ1n) is 9.23. The number of sulfonamides is 1. The molecular weight excluding hydrogens is 445 g/mol. The van der Waals surface area contributed by atoms with Crippen molar-refractivity contribution in [2.75, 3.05) is 4.72 Å². The first-order chi connectivity index (χ1) is 15.2. The minimum atomic E-state index is -4.55. The SMILES string of the molecule is O=S(=O)(Nc1ccccc1Cc1nc(-c2ccncc2)no1)c1ccc(C(F)(F)F)cc1. The lowest BCUT2D eigenvalue weighted by molar-refractivity contribution is -0.137. The van der Waals surface area contributed by atoms with Crippen molar-refractivity contribution in [2.45, 2.75) is 17.5 Å². The number of halogens is 3. The van der Waals surface area contributed by atoms with Gasteiger partial charge in [0.2, 0.25) is 11.7 Å². The number of aromatic nitrogens is 3. The second-order valence-electron chi connectivity index (χ2n) is 6.71. The second-order valence-corrected chi connectivity index (χ2v) is 8.39. The molecule has 0 spiro atoms. The molecule has 7 nitrogen and oxygen atoms in total. The average molecular weight is 460 g/mol. The standard InChI is InChI=1S/C21H15F3N4O3S/c22-21(23,24)16-5-7-17(8-6-16)32(29,30)28-18-4-2-1-3-15(18)13-19-26-20(27-31-19)14-9-11-25-12-10-14/h1-12,28H,13H2. The van der Waals surface area contributed by atoms with Crippen molar-refractivity contribution in [3.63, 3.8) is 0 Å². The first-order valence-corrected chi connectivity index (χ1v) is 10.7. The van der Waals surface area contributed by atoms with Crippen LogP contribution in [-0.2, 0) is 22.6 Å². The fourth-order valence-corrected chi connectivity index (χ4v) is 4.01. The van der Waals surface area contributed by atoms with Gasteiger partial charge in [-0.15, -0.1) is 0 Å². The molecule has 32 heavy (non-hydrogen) atoms. The lowest BCUT2D eigenvalue weighted by Crippen LogP contribution is -2.15. The summed E-state index contributed by atoms with van der Waals surface area (Å²) in [4.78, 5) is 7.95. The van der Waals surface area contributed by atoms with Crippen LogP contribution in [0.4, 0.5) is 18.9 Å². The molecular formula is C21H15F3N4O3S. The van der Waals surface area contributed by atoms with Crippen LogP contribution in [0.2, 0.25) is 0 Å². The molecule has 1 N–H and O–H groups in total. The van der Waals surface area contributed by atoms with Crippen molar-refractivity contribution in [3.05, 3.63) is 90.1 Å². The Balaban J connectivity index is 1.56.